The zero-order valence-corrected chi connectivity index (χ0v) is 16.1. The van der Waals surface area contributed by atoms with Crippen LogP contribution in [0.5, 0.6) is 0 Å². The van der Waals surface area contributed by atoms with Gasteiger partial charge in [-0.1, -0.05) is 18.2 Å². The number of benzene rings is 2. The second-order valence-electron chi connectivity index (χ2n) is 6.79. The van der Waals surface area contributed by atoms with Crippen LogP contribution in [0.25, 0.3) is 11.0 Å². The zero-order valence-electron chi connectivity index (χ0n) is 15.3. The minimum atomic E-state index is -0.217. The van der Waals surface area contributed by atoms with E-state index in [2.05, 4.69) is 9.79 Å². The van der Waals surface area contributed by atoms with Crippen LogP contribution in [0.2, 0.25) is 0 Å². The van der Waals surface area contributed by atoms with Gasteiger partial charge in [-0.15, -0.1) is 11.8 Å². The Balaban J connectivity index is 1.54. The van der Waals surface area contributed by atoms with Crippen molar-refractivity contribution in [1.82, 2.24) is 10.1 Å². The van der Waals surface area contributed by atoms with E-state index in [0.29, 0.717) is 29.1 Å². The summed E-state index contributed by atoms with van der Waals surface area (Å²) in [5.74, 6) is -0.301. The topological polar surface area (TPSA) is 90.4 Å². The molecule has 0 spiro atoms. The van der Waals surface area contributed by atoms with Crippen LogP contribution in [0, 0.1) is 11.1 Å². The second kappa shape index (κ2) is 7.63. The average Bonchev–Trinajstić information content (AvgIpc) is 3.12. The highest BCUT2D eigenvalue weighted by Crippen LogP contribution is 2.27. The molecular formula is C20H19N3O4S. The third kappa shape index (κ3) is 3.35. The number of aromatic nitrogens is 2. The van der Waals surface area contributed by atoms with Gasteiger partial charge in [-0.05, 0) is 42.2 Å². The van der Waals surface area contributed by atoms with Gasteiger partial charge >= 0.3 is 0 Å². The van der Waals surface area contributed by atoms with E-state index in [1.807, 2.05) is 30.5 Å². The van der Waals surface area contributed by atoms with Crippen LogP contribution in [0.3, 0.4) is 0 Å². The quantitative estimate of drug-likeness (QED) is 0.382. The SMILES string of the molecule is CSc1ccccc1C(=O)C1CCCN(C(=O)c2ccc3c(c2)no[n+]3[O-])C1. The number of nitrogens with zero attached hydrogens (tertiary/aromatic N) is 3. The first-order chi connectivity index (χ1) is 13.6. The summed E-state index contributed by atoms with van der Waals surface area (Å²) < 4.78 is 4.55. The van der Waals surface area contributed by atoms with E-state index >= 15 is 0 Å². The Morgan fingerprint density at radius 1 is 1.29 bits per heavy atom. The molecule has 7 nitrogen and oxygen atoms in total. The van der Waals surface area contributed by atoms with Crippen LogP contribution < -0.4 is 4.90 Å². The van der Waals surface area contributed by atoms with Crippen molar-refractivity contribution in [3.8, 4) is 0 Å². The van der Waals surface area contributed by atoms with Crippen LogP contribution in [0.1, 0.15) is 33.6 Å². The maximum absolute atomic E-state index is 13.1. The van der Waals surface area contributed by atoms with Crippen molar-refractivity contribution < 1.29 is 19.1 Å². The van der Waals surface area contributed by atoms with Gasteiger partial charge in [-0.2, -0.15) is 0 Å². The normalized spacial score (nSPS) is 17.0. The summed E-state index contributed by atoms with van der Waals surface area (Å²) in [7, 11) is 0. The van der Waals surface area contributed by atoms with E-state index in [1.54, 1.807) is 28.8 Å². The van der Waals surface area contributed by atoms with Gasteiger partial charge in [-0.3, -0.25) is 14.2 Å². The van der Waals surface area contributed by atoms with E-state index in [9.17, 15) is 14.8 Å². The van der Waals surface area contributed by atoms with Crippen molar-refractivity contribution in [3.63, 3.8) is 0 Å². The number of piperidine rings is 1. The van der Waals surface area contributed by atoms with E-state index in [-0.39, 0.29) is 23.1 Å². The van der Waals surface area contributed by atoms with Crippen molar-refractivity contribution >= 4 is 34.5 Å². The van der Waals surface area contributed by atoms with Crippen molar-refractivity contribution in [1.29, 1.82) is 0 Å². The lowest BCUT2D eigenvalue weighted by Gasteiger charge is -2.32. The molecule has 28 heavy (non-hydrogen) atoms. The fraction of sp³-hybridized carbons (Fsp3) is 0.300. The molecule has 0 aliphatic carbocycles. The molecule has 1 amide bonds. The Morgan fingerprint density at radius 3 is 2.93 bits per heavy atom. The number of ketones is 1. The summed E-state index contributed by atoms with van der Waals surface area (Å²) in [6, 6.07) is 12.2. The molecule has 0 bridgehead atoms. The molecule has 0 saturated carbocycles. The molecule has 1 unspecified atom stereocenters. The number of amides is 1. The highest BCUT2D eigenvalue weighted by Gasteiger charge is 2.30. The number of carbonyl (C=O) groups is 2. The van der Waals surface area contributed by atoms with Crippen molar-refractivity contribution in [2.45, 2.75) is 17.7 Å². The van der Waals surface area contributed by atoms with Gasteiger partial charge < -0.3 is 10.1 Å². The predicted octanol–water partition coefficient (Wildman–Crippen LogP) is 2.92. The molecule has 1 aromatic heterocycles. The molecule has 2 heterocycles. The van der Waals surface area contributed by atoms with Gasteiger partial charge in [0.2, 0.25) is 11.0 Å². The molecule has 1 atom stereocenters. The summed E-state index contributed by atoms with van der Waals surface area (Å²) in [5.41, 5.74) is 1.76. The van der Waals surface area contributed by atoms with Gasteiger partial charge in [0.05, 0.1) is 0 Å². The number of hydrogen-bond acceptors (Lipinski definition) is 6. The first-order valence-corrected chi connectivity index (χ1v) is 10.3. The molecule has 2 aromatic carbocycles. The van der Waals surface area contributed by atoms with E-state index < -0.39 is 0 Å². The summed E-state index contributed by atoms with van der Waals surface area (Å²) >= 11 is 1.55. The highest BCUT2D eigenvalue weighted by atomic mass is 32.2. The Hall–Kier alpha value is -2.87. The maximum Gasteiger partial charge on any atom is 0.254 e. The van der Waals surface area contributed by atoms with E-state index in [1.165, 1.54) is 6.07 Å². The molecule has 144 valence electrons. The summed E-state index contributed by atoms with van der Waals surface area (Å²) in [6.45, 7) is 0.990. The molecule has 1 fully saturated rings. The van der Waals surface area contributed by atoms with Gasteiger partial charge in [0.15, 0.2) is 5.78 Å². The Morgan fingerprint density at radius 2 is 2.11 bits per heavy atom. The average molecular weight is 397 g/mol. The molecule has 4 rings (SSSR count). The van der Waals surface area contributed by atoms with Gasteiger partial charge in [0.1, 0.15) is 0 Å². The fourth-order valence-corrected chi connectivity index (χ4v) is 4.24. The molecule has 0 radical (unpaired) electrons. The summed E-state index contributed by atoms with van der Waals surface area (Å²) in [5, 5.41) is 15.1. The number of carbonyl (C=O) groups excluding carboxylic acids is 2. The summed E-state index contributed by atoms with van der Waals surface area (Å²) in [6.07, 6.45) is 3.49. The van der Waals surface area contributed by atoms with E-state index in [4.69, 9.17) is 0 Å². The standard InChI is InChI=1S/C20H19N3O4S/c1-28-18-7-3-2-6-15(18)19(24)14-5-4-10-22(12-14)20(25)13-8-9-17-16(11-13)21-27-23(17)26/h2-3,6-9,11,14H,4-5,10,12H2,1H3. The number of likely N-dealkylation sites (tertiary alicyclic amines) is 1. The Bertz CT molecular complexity index is 1050. The lowest BCUT2D eigenvalue weighted by Crippen LogP contribution is -2.42. The minimum absolute atomic E-state index is 0.0850. The largest absolute Gasteiger partial charge is 0.359 e. The molecule has 1 aliphatic rings. The lowest BCUT2D eigenvalue weighted by molar-refractivity contribution is -0.782. The lowest BCUT2D eigenvalue weighted by atomic mass is 9.89. The molecule has 8 heteroatoms. The maximum atomic E-state index is 13.1. The number of hydrogen-bond donors (Lipinski definition) is 0. The molecule has 0 N–H and O–H groups in total. The van der Waals surface area contributed by atoms with E-state index in [0.717, 1.165) is 23.3 Å². The van der Waals surface area contributed by atoms with Gasteiger partial charge in [0.25, 0.3) is 5.91 Å². The first-order valence-electron chi connectivity index (χ1n) is 9.04. The van der Waals surface area contributed by atoms with Crippen molar-refractivity contribution in [2.75, 3.05) is 19.3 Å². The Kier molecular flexibility index (Phi) is 5.04. The van der Waals surface area contributed by atoms with Crippen LogP contribution >= 0.6 is 11.8 Å². The van der Waals surface area contributed by atoms with Crippen LogP contribution in [-0.2, 0) is 0 Å². The second-order valence-corrected chi connectivity index (χ2v) is 7.64. The monoisotopic (exact) mass is 397 g/mol. The molecule has 1 aliphatic heterocycles. The third-order valence-corrected chi connectivity index (χ3v) is 5.88. The number of fused-ring (bicyclic) bond motifs is 1. The number of Topliss-reactive ketones (excluding diaryl/α,β-unsaturated/α-hetero) is 1. The zero-order chi connectivity index (χ0) is 19.7. The smallest absolute Gasteiger partial charge is 0.254 e. The van der Waals surface area contributed by atoms with Crippen LogP contribution in [0.15, 0.2) is 52.0 Å². The number of thioether (sulfide) groups is 1. The van der Waals surface area contributed by atoms with Crippen LogP contribution in [0.4, 0.5) is 0 Å². The van der Waals surface area contributed by atoms with Gasteiger partial charge in [0, 0.05) is 46.3 Å². The highest BCUT2D eigenvalue weighted by molar-refractivity contribution is 7.98. The minimum Gasteiger partial charge on any atom is -0.359 e. The van der Waals surface area contributed by atoms with Crippen molar-refractivity contribution in [2.24, 2.45) is 5.92 Å². The Labute approximate surface area is 165 Å². The fourth-order valence-electron chi connectivity index (χ4n) is 3.64. The predicted molar refractivity (Wildman–Crippen MR) is 104 cm³/mol. The first kappa shape index (κ1) is 18.5. The molecule has 3 aromatic rings. The third-order valence-electron chi connectivity index (χ3n) is 5.08. The number of rotatable bonds is 4. The molecular weight excluding hydrogens is 378 g/mol. The summed E-state index contributed by atoms with van der Waals surface area (Å²) in [4.78, 5) is 29.0. The van der Waals surface area contributed by atoms with Crippen molar-refractivity contribution in [3.05, 3.63) is 58.8 Å². The molecule has 1 saturated heterocycles. The van der Waals surface area contributed by atoms with Gasteiger partial charge in [-0.25, -0.2) is 0 Å². The van der Waals surface area contributed by atoms with Crippen LogP contribution in [-0.4, -0.2) is 41.1 Å².